The molecule has 0 rings (SSSR count). The number of rotatable bonds is 5. The minimum atomic E-state index is -1.54. The van der Waals surface area contributed by atoms with E-state index in [1.165, 1.54) is 0 Å². The molecular weight excluding hydrogens is 170 g/mol. The Balaban J connectivity index is 3.80. The molecule has 0 aromatic carbocycles. The first-order chi connectivity index (χ1) is 5.13. The third-order valence-electron chi connectivity index (χ3n) is 1.51. The van der Waals surface area contributed by atoms with Crippen molar-refractivity contribution in [3.05, 3.63) is 12.2 Å². The van der Waals surface area contributed by atoms with Gasteiger partial charge in [-0.1, -0.05) is 13.5 Å². The second-order valence-corrected chi connectivity index (χ2v) is 2.80. The Morgan fingerprint density at radius 2 is 2.09 bits per heavy atom. The number of halogens is 3. The van der Waals surface area contributed by atoms with Gasteiger partial charge in [-0.15, -0.1) is 11.6 Å². The molecule has 0 aromatic heterocycles. The minimum absolute atomic E-state index is 0.183. The molecule has 1 unspecified atom stereocenters. The lowest BCUT2D eigenvalue weighted by molar-refractivity contribution is 0.188. The lowest BCUT2D eigenvalue weighted by Gasteiger charge is -2.13. The van der Waals surface area contributed by atoms with Gasteiger partial charge in [0.1, 0.15) is 6.17 Å². The van der Waals surface area contributed by atoms with Gasteiger partial charge in [0.05, 0.1) is 0 Å². The van der Waals surface area contributed by atoms with E-state index in [1.807, 2.05) is 0 Å². The molecule has 0 amide bonds. The van der Waals surface area contributed by atoms with Crippen LogP contribution in [0.1, 0.15) is 19.8 Å². The van der Waals surface area contributed by atoms with E-state index in [0.29, 0.717) is 12.3 Å². The first-order valence-corrected chi connectivity index (χ1v) is 4.18. The third kappa shape index (κ3) is 3.71. The van der Waals surface area contributed by atoms with Crippen LogP contribution in [-0.2, 0) is 0 Å². The molecule has 0 saturated heterocycles. The minimum Gasteiger partial charge on any atom is -0.244 e. The summed E-state index contributed by atoms with van der Waals surface area (Å²) in [7, 11) is 0. The van der Waals surface area contributed by atoms with Gasteiger partial charge in [-0.3, -0.25) is 0 Å². The zero-order chi connectivity index (χ0) is 8.85. The van der Waals surface area contributed by atoms with Gasteiger partial charge in [0, 0.05) is 5.88 Å². The van der Waals surface area contributed by atoms with Crippen LogP contribution in [0.4, 0.5) is 8.78 Å². The number of allylic oxidation sites excluding steroid dienone is 1. The molecule has 11 heavy (non-hydrogen) atoms. The fraction of sp³-hybridized carbons (Fsp3) is 0.750. The van der Waals surface area contributed by atoms with Crippen molar-refractivity contribution in [2.24, 2.45) is 0 Å². The summed E-state index contributed by atoms with van der Waals surface area (Å²) in [6, 6.07) is 0. The summed E-state index contributed by atoms with van der Waals surface area (Å²) in [6.45, 7) is 5.02. The van der Waals surface area contributed by atoms with Crippen LogP contribution in [0.15, 0.2) is 12.2 Å². The van der Waals surface area contributed by atoms with E-state index >= 15 is 0 Å². The Kier molecular flexibility index (Phi) is 5.47. The normalized spacial score (nSPS) is 16.0. The van der Waals surface area contributed by atoms with Crippen LogP contribution in [0, 0.1) is 0 Å². The Morgan fingerprint density at radius 3 is 2.45 bits per heavy atom. The highest BCUT2D eigenvalue weighted by Gasteiger charge is 2.20. The Labute approximate surface area is 71.2 Å². The predicted octanol–water partition coefficient (Wildman–Crippen LogP) is 3.26. The van der Waals surface area contributed by atoms with Crippen LogP contribution < -0.4 is 0 Å². The highest BCUT2D eigenvalue weighted by Crippen LogP contribution is 2.18. The van der Waals surface area contributed by atoms with E-state index in [-0.39, 0.29) is 12.0 Å². The van der Waals surface area contributed by atoms with Crippen LogP contribution >= 0.6 is 11.6 Å². The zero-order valence-electron chi connectivity index (χ0n) is 6.62. The molecule has 0 nitrogen and oxygen atoms in total. The Bertz CT molecular complexity index is 125. The lowest BCUT2D eigenvalue weighted by Crippen LogP contribution is -2.18. The molecule has 0 saturated carbocycles. The summed E-state index contributed by atoms with van der Waals surface area (Å²) in [4.78, 5) is 0. The van der Waals surface area contributed by atoms with Crippen molar-refractivity contribution in [3.8, 4) is 0 Å². The summed E-state index contributed by atoms with van der Waals surface area (Å²) in [5, 5.41) is 0. The lowest BCUT2D eigenvalue weighted by atomic mass is 10.1. The van der Waals surface area contributed by atoms with Crippen molar-refractivity contribution in [1.82, 2.24) is 0 Å². The summed E-state index contributed by atoms with van der Waals surface area (Å²) < 4.78 is 25.5. The van der Waals surface area contributed by atoms with E-state index in [4.69, 9.17) is 11.6 Å². The fourth-order valence-electron chi connectivity index (χ4n) is 0.722. The van der Waals surface area contributed by atoms with E-state index in [2.05, 4.69) is 6.58 Å². The molecule has 0 aliphatic rings. The van der Waals surface area contributed by atoms with Gasteiger partial charge >= 0.3 is 0 Å². The topological polar surface area (TPSA) is 0 Å². The first kappa shape index (κ1) is 10.9. The molecule has 66 valence electrons. The quantitative estimate of drug-likeness (QED) is 0.452. The average molecular weight is 183 g/mol. The van der Waals surface area contributed by atoms with Crippen LogP contribution in [0.2, 0.25) is 0 Å². The molecule has 0 aliphatic carbocycles. The number of hydrogen-bond donors (Lipinski definition) is 0. The largest absolute Gasteiger partial charge is 0.244 e. The zero-order valence-corrected chi connectivity index (χ0v) is 7.37. The Morgan fingerprint density at radius 1 is 1.55 bits per heavy atom. The van der Waals surface area contributed by atoms with E-state index in [1.54, 1.807) is 6.92 Å². The predicted molar refractivity (Wildman–Crippen MR) is 44.6 cm³/mol. The second-order valence-electron chi connectivity index (χ2n) is 2.42. The van der Waals surface area contributed by atoms with Crippen LogP contribution in [-0.4, -0.2) is 18.2 Å². The smallest absolute Gasteiger partial charge is 0.152 e. The molecule has 3 heteroatoms. The molecule has 0 aromatic rings. The molecule has 0 radical (unpaired) electrons. The van der Waals surface area contributed by atoms with Crippen LogP contribution in [0.25, 0.3) is 0 Å². The molecule has 0 bridgehead atoms. The van der Waals surface area contributed by atoms with Gasteiger partial charge < -0.3 is 0 Å². The van der Waals surface area contributed by atoms with Crippen LogP contribution in [0.3, 0.4) is 0 Å². The summed E-state index contributed by atoms with van der Waals surface area (Å²) in [5.41, 5.74) is 0.259. The second kappa shape index (κ2) is 5.53. The number of hydrogen-bond acceptors (Lipinski definition) is 0. The molecule has 2 atom stereocenters. The third-order valence-corrected chi connectivity index (χ3v) is 1.70. The van der Waals surface area contributed by atoms with E-state index in [9.17, 15) is 8.78 Å². The standard InChI is InChI=1S/C8H13ClF2/c1-3-7(10)8(11)6(2)4-5-9/h7-8H,2-5H2,1H3/t7-,8?/m0/s1. The van der Waals surface area contributed by atoms with Gasteiger partial charge in [0.25, 0.3) is 0 Å². The Hall–Kier alpha value is -0.110. The van der Waals surface area contributed by atoms with Crippen molar-refractivity contribution in [2.45, 2.75) is 32.1 Å². The van der Waals surface area contributed by atoms with Crippen molar-refractivity contribution in [3.63, 3.8) is 0 Å². The molecule has 0 spiro atoms. The van der Waals surface area contributed by atoms with E-state index in [0.717, 1.165) is 0 Å². The molecule has 0 fully saturated rings. The van der Waals surface area contributed by atoms with Gasteiger partial charge in [-0.2, -0.15) is 0 Å². The highest BCUT2D eigenvalue weighted by molar-refractivity contribution is 6.18. The van der Waals surface area contributed by atoms with Gasteiger partial charge in [0.2, 0.25) is 0 Å². The molecular formula is C8H13ClF2. The van der Waals surface area contributed by atoms with Gasteiger partial charge in [0.15, 0.2) is 6.17 Å². The van der Waals surface area contributed by atoms with Crippen molar-refractivity contribution in [2.75, 3.05) is 5.88 Å². The van der Waals surface area contributed by atoms with Gasteiger partial charge in [-0.05, 0) is 18.4 Å². The number of alkyl halides is 3. The molecule has 0 N–H and O–H groups in total. The first-order valence-electron chi connectivity index (χ1n) is 3.65. The van der Waals surface area contributed by atoms with Crippen molar-refractivity contribution >= 4 is 11.6 Å². The van der Waals surface area contributed by atoms with Crippen LogP contribution in [0.5, 0.6) is 0 Å². The maximum absolute atomic E-state index is 12.8. The molecule has 0 aliphatic heterocycles. The summed E-state index contributed by atoms with van der Waals surface area (Å²) >= 11 is 5.34. The van der Waals surface area contributed by atoms with E-state index < -0.39 is 12.3 Å². The molecule has 0 heterocycles. The van der Waals surface area contributed by atoms with Gasteiger partial charge in [-0.25, -0.2) is 8.78 Å². The summed E-state index contributed by atoms with van der Waals surface area (Å²) in [6.07, 6.45) is -2.43. The maximum Gasteiger partial charge on any atom is 0.152 e. The SMILES string of the molecule is C=C(CCCl)C(F)[C@@H](F)CC. The maximum atomic E-state index is 12.8. The van der Waals surface area contributed by atoms with Crippen molar-refractivity contribution < 1.29 is 8.78 Å². The average Bonchev–Trinajstić information content (AvgIpc) is 2.02. The summed E-state index contributed by atoms with van der Waals surface area (Å²) in [5.74, 6) is 0.301. The monoisotopic (exact) mass is 182 g/mol. The van der Waals surface area contributed by atoms with Crippen molar-refractivity contribution in [1.29, 1.82) is 0 Å². The fourth-order valence-corrected chi connectivity index (χ4v) is 0.965. The highest BCUT2D eigenvalue weighted by atomic mass is 35.5.